The Balaban J connectivity index is 0.00000264. The molecule has 2 rings (SSSR count). The molecule has 7 heteroatoms. The first-order valence-corrected chi connectivity index (χ1v) is 8.46. The molecule has 0 spiro atoms. The van der Waals surface area contributed by atoms with E-state index in [1.807, 2.05) is 4.90 Å². The molecule has 4 N–H and O–H groups in total. The van der Waals surface area contributed by atoms with Crippen molar-refractivity contribution in [1.29, 1.82) is 0 Å². The van der Waals surface area contributed by atoms with Gasteiger partial charge in [-0.25, -0.2) is 4.79 Å². The quantitative estimate of drug-likeness (QED) is 0.725. The van der Waals surface area contributed by atoms with Gasteiger partial charge in [-0.15, -0.1) is 12.4 Å². The van der Waals surface area contributed by atoms with Gasteiger partial charge in [0.05, 0.1) is 6.54 Å². The third-order valence-electron chi connectivity index (χ3n) is 5.01. The molecule has 3 amide bonds. The number of hydrogen-bond acceptors (Lipinski definition) is 3. The molecule has 0 radical (unpaired) electrons. The first kappa shape index (κ1) is 20.0. The van der Waals surface area contributed by atoms with Gasteiger partial charge >= 0.3 is 6.03 Å². The van der Waals surface area contributed by atoms with Crippen molar-refractivity contribution in [3.8, 4) is 0 Å². The van der Waals surface area contributed by atoms with Gasteiger partial charge in [0, 0.05) is 25.2 Å². The van der Waals surface area contributed by atoms with Crippen molar-refractivity contribution in [1.82, 2.24) is 15.5 Å². The second kappa shape index (κ2) is 8.73. The number of likely N-dealkylation sites (tertiary alicyclic amines) is 1. The zero-order valence-corrected chi connectivity index (χ0v) is 15.1. The molecule has 1 saturated heterocycles. The summed E-state index contributed by atoms with van der Waals surface area (Å²) < 4.78 is 0. The SMILES string of the molecule is CC1(C)CN(C(=O)CNC(=O)NC2CCCCC2)CCC1N.Cl. The van der Waals surface area contributed by atoms with Gasteiger partial charge in [-0.3, -0.25) is 4.79 Å². The van der Waals surface area contributed by atoms with E-state index in [9.17, 15) is 9.59 Å². The van der Waals surface area contributed by atoms with Gasteiger partial charge in [0.25, 0.3) is 0 Å². The molecule has 1 atom stereocenters. The fraction of sp³-hybridized carbons (Fsp3) is 0.875. The summed E-state index contributed by atoms with van der Waals surface area (Å²) in [5.74, 6) is -0.0289. The number of carbonyl (C=O) groups excluding carboxylic acids is 2. The molecule has 0 aromatic rings. The second-order valence-corrected chi connectivity index (χ2v) is 7.36. The van der Waals surface area contributed by atoms with E-state index in [2.05, 4.69) is 24.5 Å². The molecule has 1 aliphatic carbocycles. The van der Waals surface area contributed by atoms with Gasteiger partial charge in [-0.1, -0.05) is 33.1 Å². The summed E-state index contributed by atoms with van der Waals surface area (Å²) >= 11 is 0. The van der Waals surface area contributed by atoms with Gasteiger partial charge in [0.1, 0.15) is 0 Å². The van der Waals surface area contributed by atoms with Crippen LogP contribution in [-0.2, 0) is 4.79 Å². The summed E-state index contributed by atoms with van der Waals surface area (Å²) in [5.41, 5.74) is 6.01. The van der Waals surface area contributed by atoms with Crippen LogP contribution in [0, 0.1) is 5.41 Å². The molecule has 2 aliphatic rings. The maximum atomic E-state index is 12.2. The van der Waals surface area contributed by atoms with Crippen LogP contribution in [0.15, 0.2) is 0 Å². The lowest BCUT2D eigenvalue weighted by atomic mass is 9.79. The first-order valence-electron chi connectivity index (χ1n) is 8.46. The highest BCUT2D eigenvalue weighted by Crippen LogP contribution is 2.27. The standard InChI is InChI=1S/C16H30N4O2.ClH/c1-16(2)11-20(9-8-13(16)17)14(21)10-18-15(22)19-12-6-4-3-5-7-12;/h12-13H,3-11,17H2,1-2H3,(H2,18,19,22);1H. The van der Waals surface area contributed by atoms with Gasteiger partial charge < -0.3 is 21.3 Å². The van der Waals surface area contributed by atoms with Crippen molar-refractivity contribution >= 4 is 24.3 Å². The molecule has 1 unspecified atom stereocenters. The number of urea groups is 1. The summed E-state index contributed by atoms with van der Waals surface area (Å²) in [5, 5.41) is 5.65. The largest absolute Gasteiger partial charge is 0.341 e. The Morgan fingerprint density at radius 1 is 1.17 bits per heavy atom. The fourth-order valence-electron chi connectivity index (χ4n) is 3.34. The molecule has 1 aliphatic heterocycles. The summed E-state index contributed by atoms with van der Waals surface area (Å²) in [6.45, 7) is 5.55. The number of amides is 3. The van der Waals surface area contributed by atoms with Crippen molar-refractivity contribution in [2.75, 3.05) is 19.6 Å². The highest BCUT2D eigenvalue weighted by molar-refractivity contribution is 5.85. The van der Waals surface area contributed by atoms with E-state index >= 15 is 0 Å². The van der Waals surface area contributed by atoms with Crippen LogP contribution < -0.4 is 16.4 Å². The Kier molecular flexibility index (Phi) is 7.61. The highest BCUT2D eigenvalue weighted by atomic mass is 35.5. The molecule has 6 nitrogen and oxygen atoms in total. The van der Waals surface area contributed by atoms with E-state index in [-0.39, 0.29) is 48.4 Å². The Morgan fingerprint density at radius 3 is 2.43 bits per heavy atom. The predicted octanol–water partition coefficient (Wildman–Crippen LogP) is 1.63. The maximum Gasteiger partial charge on any atom is 0.315 e. The molecular weight excluding hydrogens is 316 g/mol. The number of piperidine rings is 1. The second-order valence-electron chi connectivity index (χ2n) is 7.36. The predicted molar refractivity (Wildman–Crippen MR) is 93.6 cm³/mol. The average Bonchev–Trinajstić information content (AvgIpc) is 2.48. The number of carbonyl (C=O) groups is 2. The highest BCUT2D eigenvalue weighted by Gasteiger charge is 2.35. The Morgan fingerprint density at radius 2 is 1.83 bits per heavy atom. The lowest BCUT2D eigenvalue weighted by Gasteiger charge is -2.42. The van der Waals surface area contributed by atoms with Gasteiger partial charge in [0.2, 0.25) is 5.91 Å². The van der Waals surface area contributed by atoms with Crippen LogP contribution in [0.25, 0.3) is 0 Å². The fourth-order valence-corrected chi connectivity index (χ4v) is 3.34. The van der Waals surface area contributed by atoms with Crippen molar-refractivity contribution in [3.63, 3.8) is 0 Å². The van der Waals surface area contributed by atoms with E-state index in [0.29, 0.717) is 13.1 Å². The normalized spacial score (nSPS) is 24.5. The molecule has 1 saturated carbocycles. The number of hydrogen-bond donors (Lipinski definition) is 3. The van der Waals surface area contributed by atoms with Crippen LogP contribution in [0.4, 0.5) is 4.79 Å². The van der Waals surface area contributed by atoms with Crippen LogP contribution in [0.3, 0.4) is 0 Å². The number of nitrogens with one attached hydrogen (secondary N) is 2. The molecular formula is C16H31ClN4O2. The Hall–Kier alpha value is -1.01. The zero-order chi connectivity index (χ0) is 16.2. The topological polar surface area (TPSA) is 87.5 Å². The van der Waals surface area contributed by atoms with Crippen LogP contribution in [0.5, 0.6) is 0 Å². The zero-order valence-electron chi connectivity index (χ0n) is 14.3. The van der Waals surface area contributed by atoms with E-state index in [0.717, 1.165) is 19.3 Å². The maximum absolute atomic E-state index is 12.2. The molecule has 23 heavy (non-hydrogen) atoms. The average molecular weight is 347 g/mol. The molecule has 2 fully saturated rings. The Bertz CT molecular complexity index is 411. The minimum absolute atomic E-state index is 0. The van der Waals surface area contributed by atoms with Crippen LogP contribution in [0.1, 0.15) is 52.4 Å². The first-order chi connectivity index (χ1) is 10.4. The molecule has 0 bridgehead atoms. The minimum Gasteiger partial charge on any atom is -0.341 e. The molecule has 134 valence electrons. The van der Waals surface area contributed by atoms with Gasteiger partial charge in [0.15, 0.2) is 0 Å². The summed E-state index contributed by atoms with van der Waals surface area (Å²) in [7, 11) is 0. The van der Waals surface area contributed by atoms with E-state index in [1.165, 1.54) is 19.3 Å². The van der Waals surface area contributed by atoms with E-state index in [1.54, 1.807) is 0 Å². The molecule has 0 aromatic heterocycles. The summed E-state index contributed by atoms with van der Waals surface area (Å²) in [4.78, 5) is 25.9. The van der Waals surface area contributed by atoms with Gasteiger partial charge in [-0.05, 0) is 24.7 Å². The summed E-state index contributed by atoms with van der Waals surface area (Å²) in [6, 6.07) is 0.156. The van der Waals surface area contributed by atoms with Crippen molar-refractivity contribution in [2.45, 2.75) is 64.5 Å². The van der Waals surface area contributed by atoms with Crippen LogP contribution in [0.2, 0.25) is 0 Å². The monoisotopic (exact) mass is 346 g/mol. The van der Waals surface area contributed by atoms with Crippen molar-refractivity contribution in [2.24, 2.45) is 11.1 Å². The smallest absolute Gasteiger partial charge is 0.315 e. The van der Waals surface area contributed by atoms with Crippen LogP contribution in [-0.4, -0.2) is 48.6 Å². The lowest BCUT2D eigenvalue weighted by molar-refractivity contribution is -0.133. The number of rotatable bonds is 3. The third kappa shape index (κ3) is 5.84. The van der Waals surface area contributed by atoms with Crippen LogP contribution >= 0.6 is 12.4 Å². The third-order valence-corrected chi connectivity index (χ3v) is 5.01. The summed E-state index contributed by atoms with van der Waals surface area (Å²) in [6.07, 6.45) is 6.50. The van der Waals surface area contributed by atoms with E-state index < -0.39 is 0 Å². The molecule has 0 aromatic carbocycles. The minimum atomic E-state index is -0.228. The number of halogens is 1. The Labute approximate surface area is 145 Å². The number of nitrogens with two attached hydrogens (primary N) is 1. The molecule has 1 heterocycles. The van der Waals surface area contributed by atoms with Gasteiger partial charge in [-0.2, -0.15) is 0 Å². The van der Waals surface area contributed by atoms with Crippen molar-refractivity contribution < 1.29 is 9.59 Å². The lowest BCUT2D eigenvalue weighted by Crippen LogP contribution is -2.56. The van der Waals surface area contributed by atoms with Crippen molar-refractivity contribution in [3.05, 3.63) is 0 Å². The van der Waals surface area contributed by atoms with E-state index in [4.69, 9.17) is 5.73 Å². The number of nitrogens with zero attached hydrogens (tertiary/aromatic N) is 1.